The quantitative estimate of drug-likeness (QED) is 0.819. The first-order valence-electron chi connectivity index (χ1n) is 5.94. The molecule has 0 amide bonds. The van der Waals surface area contributed by atoms with Crippen LogP contribution in [-0.4, -0.2) is 50.4 Å². The van der Waals surface area contributed by atoms with Gasteiger partial charge in [-0.2, -0.15) is 4.98 Å². The Bertz CT molecular complexity index is 534. The molecule has 0 saturated carbocycles. The Morgan fingerprint density at radius 3 is 3.06 bits per heavy atom. The van der Waals surface area contributed by atoms with Crippen LogP contribution in [0.2, 0.25) is 0 Å². The van der Waals surface area contributed by atoms with Gasteiger partial charge in [-0.25, -0.2) is 0 Å². The Balaban J connectivity index is 1.83. The molecular formula is C10H15N7S. The molecule has 2 aromatic heterocycles. The van der Waals surface area contributed by atoms with E-state index in [9.17, 15) is 0 Å². The fourth-order valence-electron chi connectivity index (χ4n) is 2.06. The van der Waals surface area contributed by atoms with E-state index in [1.165, 1.54) is 11.5 Å². The molecular weight excluding hydrogens is 250 g/mol. The lowest BCUT2D eigenvalue weighted by Crippen LogP contribution is -2.49. The molecule has 0 unspecified atom stereocenters. The van der Waals surface area contributed by atoms with Crippen molar-refractivity contribution in [2.24, 2.45) is 0 Å². The lowest BCUT2D eigenvalue weighted by molar-refractivity contribution is 0.480. The lowest BCUT2D eigenvalue weighted by Gasteiger charge is -2.30. The molecule has 1 saturated heterocycles. The lowest BCUT2D eigenvalue weighted by atomic mass is 10.2. The van der Waals surface area contributed by atoms with Crippen LogP contribution < -0.4 is 10.2 Å². The number of nitrogens with zero attached hydrogens (tertiary/aromatic N) is 5. The van der Waals surface area contributed by atoms with Gasteiger partial charge in [-0.05, 0) is 25.4 Å². The van der Waals surface area contributed by atoms with E-state index in [-0.39, 0.29) is 0 Å². The van der Waals surface area contributed by atoms with Crippen molar-refractivity contribution in [2.45, 2.75) is 19.9 Å². The zero-order valence-electron chi connectivity index (χ0n) is 10.3. The van der Waals surface area contributed by atoms with Gasteiger partial charge in [0.15, 0.2) is 5.82 Å². The van der Waals surface area contributed by atoms with E-state index < -0.39 is 0 Å². The van der Waals surface area contributed by atoms with Crippen LogP contribution in [0.4, 0.5) is 5.95 Å². The van der Waals surface area contributed by atoms with Gasteiger partial charge in [0, 0.05) is 25.7 Å². The molecule has 3 heterocycles. The summed E-state index contributed by atoms with van der Waals surface area (Å²) in [6, 6.07) is 0.465. The highest BCUT2D eigenvalue weighted by Crippen LogP contribution is 2.23. The number of piperazine rings is 1. The summed E-state index contributed by atoms with van der Waals surface area (Å²) in [4.78, 5) is 7.67. The Morgan fingerprint density at radius 1 is 1.44 bits per heavy atom. The maximum absolute atomic E-state index is 4.53. The summed E-state index contributed by atoms with van der Waals surface area (Å²) in [5.41, 5.74) is 0.886. The molecule has 0 bridgehead atoms. The summed E-state index contributed by atoms with van der Waals surface area (Å²) < 4.78 is 3.91. The zero-order chi connectivity index (χ0) is 12.5. The maximum atomic E-state index is 4.53. The fourth-order valence-corrected chi connectivity index (χ4v) is 2.65. The van der Waals surface area contributed by atoms with Crippen LogP contribution in [0, 0.1) is 6.92 Å². The van der Waals surface area contributed by atoms with E-state index in [1.54, 1.807) is 0 Å². The molecule has 1 aliphatic heterocycles. The van der Waals surface area contributed by atoms with Crippen LogP contribution in [-0.2, 0) is 0 Å². The van der Waals surface area contributed by atoms with Gasteiger partial charge < -0.3 is 10.2 Å². The van der Waals surface area contributed by atoms with Gasteiger partial charge in [0.1, 0.15) is 4.88 Å². The molecule has 0 spiro atoms. The third-order valence-corrected chi connectivity index (χ3v) is 3.83. The molecule has 1 atom stereocenters. The van der Waals surface area contributed by atoms with Gasteiger partial charge in [0.05, 0.1) is 5.69 Å². The molecule has 18 heavy (non-hydrogen) atoms. The minimum absolute atomic E-state index is 0.465. The Morgan fingerprint density at radius 2 is 2.33 bits per heavy atom. The molecule has 3 rings (SSSR count). The number of hydrogen-bond acceptors (Lipinski definition) is 7. The summed E-state index contributed by atoms with van der Waals surface area (Å²) in [6.07, 6.45) is 0. The fraction of sp³-hybridized carbons (Fsp3) is 0.600. The number of hydrogen-bond donors (Lipinski definition) is 2. The monoisotopic (exact) mass is 265 g/mol. The molecule has 1 fully saturated rings. The molecule has 1 aliphatic rings. The summed E-state index contributed by atoms with van der Waals surface area (Å²) in [5, 5.41) is 14.6. The normalized spacial score (nSPS) is 20.3. The molecule has 96 valence electrons. The minimum atomic E-state index is 0.465. The number of anilines is 1. The third kappa shape index (κ3) is 2.08. The maximum Gasteiger partial charge on any atom is 0.245 e. The van der Waals surface area contributed by atoms with Gasteiger partial charge in [-0.3, -0.25) is 5.10 Å². The first-order chi connectivity index (χ1) is 8.74. The van der Waals surface area contributed by atoms with Crippen molar-refractivity contribution in [1.29, 1.82) is 0 Å². The number of nitrogens with one attached hydrogen (secondary N) is 2. The Kier molecular flexibility index (Phi) is 2.96. The highest BCUT2D eigenvalue weighted by Gasteiger charge is 2.20. The Labute approximate surface area is 109 Å². The van der Waals surface area contributed by atoms with Crippen molar-refractivity contribution in [3.63, 3.8) is 0 Å². The van der Waals surface area contributed by atoms with Crippen LogP contribution >= 0.6 is 11.5 Å². The van der Waals surface area contributed by atoms with Crippen LogP contribution in [0.5, 0.6) is 0 Å². The molecule has 2 N–H and O–H groups in total. The standard InChI is InChI=1S/C10H15N7S/c1-6-5-17(4-3-11-6)10-12-9(14-15-10)8-7(2)13-16-18-8/h6,11H,3-5H2,1-2H3,(H,12,14,15)/t6-/m0/s1. The van der Waals surface area contributed by atoms with E-state index in [4.69, 9.17) is 0 Å². The second kappa shape index (κ2) is 4.62. The molecule has 7 nitrogen and oxygen atoms in total. The first kappa shape index (κ1) is 11.5. The molecule has 0 aromatic carbocycles. The molecule has 0 radical (unpaired) electrons. The average Bonchev–Trinajstić information content (AvgIpc) is 2.97. The number of rotatable bonds is 2. The number of aromatic nitrogens is 5. The summed E-state index contributed by atoms with van der Waals surface area (Å²) >= 11 is 1.34. The van der Waals surface area contributed by atoms with Crippen LogP contribution in [0.15, 0.2) is 0 Å². The van der Waals surface area contributed by atoms with E-state index >= 15 is 0 Å². The van der Waals surface area contributed by atoms with E-state index in [1.807, 2.05) is 6.92 Å². The number of aryl methyl sites for hydroxylation is 1. The highest BCUT2D eigenvalue weighted by molar-refractivity contribution is 7.09. The van der Waals surface area contributed by atoms with E-state index in [0.717, 1.165) is 42.0 Å². The third-order valence-electron chi connectivity index (χ3n) is 2.99. The van der Waals surface area contributed by atoms with Crippen molar-refractivity contribution < 1.29 is 0 Å². The van der Waals surface area contributed by atoms with E-state index in [2.05, 4.69) is 41.9 Å². The van der Waals surface area contributed by atoms with Gasteiger partial charge in [0.2, 0.25) is 5.95 Å². The van der Waals surface area contributed by atoms with Crippen molar-refractivity contribution in [2.75, 3.05) is 24.5 Å². The zero-order valence-corrected chi connectivity index (χ0v) is 11.2. The van der Waals surface area contributed by atoms with Gasteiger partial charge >= 0.3 is 0 Å². The predicted molar refractivity (Wildman–Crippen MR) is 69.7 cm³/mol. The molecule has 0 aliphatic carbocycles. The second-order valence-electron chi connectivity index (χ2n) is 4.47. The van der Waals surface area contributed by atoms with E-state index in [0.29, 0.717) is 6.04 Å². The second-order valence-corrected chi connectivity index (χ2v) is 5.23. The number of H-pyrrole nitrogens is 1. The van der Waals surface area contributed by atoms with Crippen LogP contribution in [0.1, 0.15) is 12.6 Å². The SMILES string of the molecule is Cc1nnsc1-c1nc(N2CCN[C@@H](C)C2)n[nH]1. The highest BCUT2D eigenvalue weighted by atomic mass is 32.1. The predicted octanol–water partition coefficient (Wildman–Crippen LogP) is 0.430. The van der Waals surface area contributed by atoms with Crippen molar-refractivity contribution in [3.05, 3.63) is 5.69 Å². The summed E-state index contributed by atoms with van der Waals surface area (Å²) in [5.74, 6) is 1.51. The van der Waals surface area contributed by atoms with Gasteiger partial charge in [-0.15, -0.1) is 10.2 Å². The molecule has 2 aromatic rings. The van der Waals surface area contributed by atoms with Crippen molar-refractivity contribution in [1.82, 2.24) is 30.1 Å². The molecule has 8 heteroatoms. The van der Waals surface area contributed by atoms with Gasteiger partial charge in [0.25, 0.3) is 0 Å². The average molecular weight is 265 g/mol. The summed E-state index contributed by atoms with van der Waals surface area (Å²) in [6.45, 7) is 6.91. The first-order valence-corrected chi connectivity index (χ1v) is 6.71. The Hall–Kier alpha value is -1.54. The largest absolute Gasteiger partial charge is 0.337 e. The number of aromatic amines is 1. The van der Waals surface area contributed by atoms with Gasteiger partial charge in [-0.1, -0.05) is 4.49 Å². The summed E-state index contributed by atoms with van der Waals surface area (Å²) in [7, 11) is 0. The minimum Gasteiger partial charge on any atom is -0.337 e. The van der Waals surface area contributed by atoms with Crippen molar-refractivity contribution in [3.8, 4) is 10.7 Å². The van der Waals surface area contributed by atoms with Crippen molar-refractivity contribution >= 4 is 17.5 Å². The van der Waals surface area contributed by atoms with Crippen LogP contribution in [0.3, 0.4) is 0 Å². The smallest absolute Gasteiger partial charge is 0.245 e. The van der Waals surface area contributed by atoms with Crippen LogP contribution in [0.25, 0.3) is 10.7 Å². The topological polar surface area (TPSA) is 82.6 Å².